The Morgan fingerprint density at radius 2 is 1.76 bits per heavy atom. The van der Waals surface area contributed by atoms with Crippen molar-refractivity contribution < 1.29 is 27.5 Å². The fourth-order valence-electron chi connectivity index (χ4n) is 3.88. The Hall–Kier alpha value is -3.12. The van der Waals surface area contributed by atoms with Crippen molar-refractivity contribution in [3.8, 4) is 0 Å². The second kappa shape index (κ2) is 12.2. The van der Waals surface area contributed by atoms with Gasteiger partial charge in [-0.3, -0.25) is 9.59 Å². The van der Waals surface area contributed by atoms with Gasteiger partial charge in [0.05, 0.1) is 28.3 Å². The number of halogens is 2. The maximum Gasteiger partial charge on any atom is 0.338 e. The van der Waals surface area contributed by atoms with Crippen LogP contribution in [0.5, 0.6) is 0 Å². The molecule has 10 nitrogen and oxygen atoms in total. The number of aromatic nitrogens is 1. The Kier molecular flexibility index (Phi) is 9.42. The van der Waals surface area contributed by atoms with Crippen molar-refractivity contribution in [3.05, 3.63) is 69.3 Å². The molecule has 2 aromatic carbocycles. The van der Waals surface area contributed by atoms with Crippen molar-refractivity contribution in [2.75, 3.05) is 20.2 Å². The molecule has 3 rings (SSSR count). The SMILES string of the molecule is CCOC(=O)c1ccc(C(CCN(C)S(=O)(=O)NC(C)=O)NC(=O)c2cc3c(Cl)c(Cl)ccc3n2C)cc1. The molecule has 2 amide bonds. The minimum Gasteiger partial charge on any atom is -0.462 e. The van der Waals surface area contributed by atoms with Gasteiger partial charge in [-0.2, -0.15) is 12.7 Å². The van der Waals surface area contributed by atoms with Gasteiger partial charge in [0.15, 0.2) is 0 Å². The largest absolute Gasteiger partial charge is 0.462 e. The summed E-state index contributed by atoms with van der Waals surface area (Å²) in [4.78, 5) is 36.7. The predicted molar refractivity (Wildman–Crippen MR) is 146 cm³/mol. The summed E-state index contributed by atoms with van der Waals surface area (Å²) in [6.45, 7) is 3.01. The summed E-state index contributed by atoms with van der Waals surface area (Å²) in [7, 11) is -1.00. The number of fused-ring (bicyclic) bond motifs is 1. The van der Waals surface area contributed by atoms with Gasteiger partial charge in [0.2, 0.25) is 5.91 Å². The second-order valence-corrected chi connectivity index (χ2v) is 11.1. The van der Waals surface area contributed by atoms with E-state index in [2.05, 4.69) is 5.32 Å². The van der Waals surface area contributed by atoms with Gasteiger partial charge in [-0.15, -0.1) is 0 Å². The van der Waals surface area contributed by atoms with Crippen molar-refractivity contribution in [1.29, 1.82) is 0 Å². The molecule has 13 heteroatoms. The van der Waals surface area contributed by atoms with Gasteiger partial charge in [0.1, 0.15) is 5.69 Å². The molecule has 0 aliphatic carbocycles. The summed E-state index contributed by atoms with van der Waals surface area (Å²) >= 11 is 12.5. The van der Waals surface area contributed by atoms with Gasteiger partial charge in [-0.05, 0) is 49.2 Å². The number of aryl methyl sites for hydroxylation is 1. The fraction of sp³-hybridized carbons (Fsp3) is 0.320. The zero-order valence-corrected chi connectivity index (χ0v) is 23.6. The number of amides is 2. The van der Waals surface area contributed by atoms with Gasteiger partial charge in [0.25, 0.3) is 5.91 Å². The van der Waals surface area contributed by atoms with Crippen LogP contribution in [0.1, 0.15) is 52.7 Å². The van der Waals surface area contributed by atoms with Gasteiger partial charge in [-0.1, -0.05) is 35.3 Å². The maximum atomic E-state index is 13.4. The van der Waals surface area contributed by atoms with E-state index >= 15 is 0 Å². The van der Waals surface area contributed by atoms with Crippen LogP contribution in [0.15, 0.2) is 42.5 Å². The molecular weight excluding hydrogens is 555 g/mol. The highest BCUT2D eigenvalue weighted by Crippen LogP contribution is 2.32. The fourth-order valence-corrected chi connectivity index (χ4v) is 5.12. The number of benzene rings is 2. The second-order valence-electron chi connectivity index (χ2n) is 8.52. The lowest BCUT2D eigenvalue weighted by Crippen LogP contribution is -2.42. The highest BCUT2D eigenvalue weighted by molar-refractivity contribution is 7.87. The molecule has 2 N–H and O–H groups in total. The van der Waals surface area contributed by atoms with Gasteiger partial charge >= 0.3 is 16.2 Å². The van der Waals surface area contributed by atoms with Crippen LogP contribution in [-0.4, -0.2) is 55.3 Å². The number of rotatable bonds is 10. The lowest BCUT2D eigenvalue weighted by molar-refractivity contribution is -0.117. The lowest BCUT2D eigenvalue weighted by Gasteiger charge is -2.23. The molecule has 0 fully saturated rings. The van der Waals surface area contributed by atoms with E-state index in [1.165, 1.54) is 7.05 Å². The third-order valence-electron chi connectivity index (χ3n) is 5.89. The third-order valence-corrected chi connectivity index (χ3v) is 8.26. The maximum absolute atomic E-state index is 13.4. The number of hydrogen-bond acceptors (Lipinski definition) is 6. The Bertz CT molecular complexity index is 1470. The molecule has 204 valence electrons. The van der Waals surface area contributed by atoms with Crippen LogP contribution >= 0.6 is 23.2 Å². The average Bonchev–Trinajstić information content (AvgIpc) is 3.20. The molecule has 1 heterocycles. The Morgan fingerprint density at radius 3 is 2.37 bits per heavy atom. The first kappa shape index (κ1) is 29.4. The molecular formula is C25H28Cl2N4O6S. The van der Waals surface area contributed by atoms with Crippen LogP contribution in [-0.2, 0) is 26.8 Å². The van der Waals surface area contributed by atoms with E-state index in [9.17, 15) is 22.8 Å². The number of hydrogen-bond donors (Lipinski definition) is 2. The first-order valence-corrected chi connectivity index (χ1v) is 13.8. The quantitative estimate of drug-likeness (QED) is 0.350. The van der Waals surface area contributed by atoms with Crippen LogP contribution < -0.4 is 10.0 Å². The van der Waals surface area contributed by atoms with Gasteiger partial charge < -0.3 is 14.6 Å². The molecule has 1 aromatic heterocycles. The molecule has 0 spiro atoms. The first-order chi connectivity index (χ1) is 17.9. The molecule has 1 atom stereocenters. The average molecular weight is 583 g/mol. The highest BCUT2D eigenvalue weighted by Gasteiger charge is 2.24. The minimum absolute atomic E-state index is 0.0241. The number of carbonyl (C=O) groups is 3. The smallest absolute Gasteiger partial charge is 0.338 e. The van der Waals surface area contributed by atoms with Crippen molar-refractivity contribution in [1.82, 2.24) is 18.9 Å². The van der Waals surface area contributed by atoms with Crippen molar-refractivity contribution >= 4 is 62.1 Å². The van der Waals surface area contributed by atoms with Gasteiger partial charge in [0, 0.05) is 38.5 Å². The van der Waals surface area contributed by atoms with Crippen LogP contribution in [0.3, 0.4) is 0 Å². The zero-order valence-electron chi connectivity index (χ0n) is 21.2. The Balaban J connectivity index is 1.90. The standard InChI is InChI=1S/C25H28Cl2N4O6S/c1-5-37-25(34)17-8-6-16(7-9-17)20(12-13-30(3)38(35,36)29-15(2)32)28-24(33)22-14-18-21(31(22)4)11-10-19(26)23(18)27/h6-11,14,20H,5,12-13H2,1-4H3,(H,28,33)(H,29,32). The monoisotopic (exact) mass is 582 g/mol. The minimum atomic E-state index is -4.05. The molecule has 3 aromatic rings. The zero-order chi connectivity index (χ0) is 28.2. The third kappa shape index (κ3) is 6.65. The molecule has 0 saturated carbocycles. The number of ether oxygens (including phenoxy) is 1. The molecule has 0 saturated heterocycles. The Labute approximate surface area is 231 Å². The summed E-state index contributed by atoms with van der Waals surface area (Å²) in [5.74, 6) is -1.62. The molecule has 1 unspecified atom stereocenters. The predicted octanol–water partition coefficient (Wildman–Crippen LogP) is 3.84. The summed E-state index contributed by atoms with van der Waals surface area (Å²) in [5, 5.41) is 4.25. The lowest BCUT2D eigenvalue weighted by atomic mass is 10.0. The number of nitrogens with zero attached hydrogens (tertiary/aromatic N) is 2. The van der Waals surface area contributed by atoms with Crippen LogP contribution in [0, 0.1) is 0 Å². The number of nitrogens with one attached hydrogen (secondary N) is 2. The molecule has 0 aliphatic rings. The molecule has 38 heavy (non-hydrogen) atoms. The molecule has 0 bridgehead atoms. The summed E-state index contributed by atoms with van der Waals surface area (Å²) < 4.78 is 34.3. The van der Waals surface area contributed by atoms with E-state index in [4.69, 9.17) is 27.9 Å². The van der Waals surface area contributed by atoms with E-state index in [0.29, 0.717) is 37.8 Å². The summed E-state index contributed by atoms with van der Waals surface area (Å²) in [6, 6.07) is 10.9. The molecule has 0 radical (unpaired) electrons. The number of carbonyl (C=O) groups excluding carboxylic acids is 3. The highest BCUT2D eigenvalue weighted by atomic mass is 35.5. The van der Waals surface area contributed by atoms with Crippen LogP contribution in [0.2, 0.25) is 10.0 Å². The first-order valence-electron chi connectivity index (χ1n) is 11.6. The van der Waals surface area contributed by atoms with E-state index in [-0.39, 0.29) is 19.6 Å². The number of esters is 1. The van der Waals surface area contributed by atoms with E-state index in [0.717, 1.165) is 11.2 Å². The van der Waals surface area contributed by atoms with E-state index < -0.39 is 34.0 Å². The Morgan fingerprint density at radius 1 is 1.11 bits per heavy atom. The van der Waals surface area contributed by atoms with Gasteiger partial charge in [-0.25, -0.2) is 9.52 Å². The van der Waals surface area contributed by atoms with Crippen LogP contribution in [0.4, 0.5) is 0 Å². The summed E-state index contributed by atoms with van der Waals surface area (Å²) in [5.41, 5.74) is 2.00. The van der Waals surface area contributed by atoms with Crippen LogP contribution in [0.25, 0.3) is 10.9 Å². The normalized spacial score (nSPS) is 12.4. The van der Waals surface area contributed by atoms with E-state index in [1.54, 1.807) is 61.0 Å². The summed E-state index contributed by atoms with van der Waals surface area (Å²) in [6.07, 6.45) is 0.163. The van der Waals surface area contributed by atoms with E-state index in [1.807, 2.05) is 4.72 Å². The van der Waals surface area contributed by atoms with Crippen molar-refractivity contribution in [2.24, 2.45) is 7.05 Å². The van der Waals surface area contributed by atoms with Crippen molar-refractivity contribution in [2.45, 2.75) is 26.3 Å². The van der Waals surface area contributed by atoms with Crippen molar-refractivity contribution in [3.63, 3.8) is 0 Å². The molecule has 0 aliphatic heterocycles. The topological polar surface area (TPSA) is 127 Å².